The Bertz CT molecular complexity index is 589. The minimum atomic E-state index is -0.616. The van der Waals surface area contributed by atoms with Crippen LogP contribution in [0.15, 0.2) is 6.20 Å². The number of hydrogen-bond acceptors (Lipinski definition) is 4. The molecule has 1 aromatic rings. The predicted octanol–water partition coefficient (Wildman–Crippen LogP) is 1.12. The zero-order valence-electron chi connectivity index (χ0n) is 11.8. The first-order valence-electron chi connectivity index (χ1n) is 6.57. The molecule has 0 aliphatic carbocycles. The molecule has 1 aromatic heterocycles. The molecule has 0 radical (unpaired) electrons. The molecule has 1 fully saturated rings. The number of amides is 2. The van der Waals surface area contributed by atoms with E-state index in [0.29, 0.717) is 24.2 Å². The van der Waals surface area contributed by atoms with Gasteiger partial charge in [-0.2, -0.15) is 5.10 Å². The molecule has 20 heavy (non-hydrogen) atoms. The van der Waals surface area contributed by atoms with Gasteiger partial charge in [0.25, 0.3) is 0 Å². The highest BCUT2D eigenvalue weighted by molar-refractivity contribution is 7.80. The second-order valence-corrected chi connectivity index (χ2v) is 5.51. The Kier molecular flexibility index (Phi) is 3.64. The van der Waals surface area contributed by atoms with Gasteiger partial charge in [0.2, 0.25) is 11.8 Å². The van der Waals surface area contributed by atoms with Gasteiger partial charge in [0.05, 0.1) is 17.2 Å². The van der Waals surface area contributed by atoms with Crippen LogP contribution in [-0.2, 0) is 16.6 Å². The van der Waals surface area contributed by atoms with Gasteiger partial charge >= 0.3 is 0 Å². The van der Waals surface area contributed by atoms with Crippen LogP contribution >= 0.6 is 12.2 Å². The van der Waals surface area contributed by atoms with Gasteiger partial charge in [0.15, 0.2) is 5.82 Å². The third-order valence-electron chi connectivity index (χ3n) is 4.13. The largest absolute Gasteiger partial charge is 0.389 e. The zero-order valence-corrected chi connectivity index (χ0v) is 12.7. The quantitative estimate of drug-likeness (QED) is 0.665. The van der Waals surface area contributed by atoms with Crippen molar-refractivity contribution in [2.24, 2.45) is 18.2 Å². The number of hydrogen-bond donors (Lipinski definition) is 1. The predicted molar refractivity (Wildman–Crippen MR) is 79.2 cm³/mol. The van der Waals surface area contributed by atoms with Crippen LogP contribution in [0.5, 0.6) is 0 Å². The van der Waals surface area contributed by atoms with Gasteiger partial charge in [-0.25, -0.2) is 4.90 Å². The summed E-state index contributed by atoms with van der Waals surface area (Å²) in [6, 6.07) is 0. The van der Waals surface area contributed by atoms with E-state index in [4.69, 9.17) is 18.0 Å². The third-order valence-corrected chi connectivity index (χ3v) is 4.35. The lowest BCUT2D eigenvalue weighted by molar-refractivity contribution is -0.126. The molecule has 2 heterocycles. The fourth-order valence-electron chi connectivity index (χ4n) is 2.68. The van der Waals surface area contributed by atoms with Gasteiger partial charge in [0, 0.05) is 13.5 Å². The average Bonchev–Trinajstić information content (AvgIpc) is 2.89. The van der Waals surface area contributed by atoms with E-state index in [9.17, 15) is 9.59 Å². The molecule has 0 aromatic carbocycles. The summed E-state index contributed by atoms with van der Waals surface area (Å²) in [7, 11) is 1.66. The standard InChI is InChI=1S/C13H18N4O2S/c1-4-13(5-2)6-9(18)17(12(13)19)11-8(10(14)20)7-15-16(11)3/h7H,4-6H2,1-3H3,(H2,14,20). The highest BCUT2D eigenvalue weighted by Gasteiger charge is 2.51. The van der Waals surface area contributed by atoms with Crippen LogP contribution < -0.4 is 10.6 Å². The topological polar surface area (TPSA) is 81.2 Å². The van der Waals surface area contributed by atoms with Crippen molar-refractivity contribution in [3.8, 4) is 0 Å². The summed E-state index contributed by atoms with van der Waals surface area (Å²) in [4.78, 5) is 26.3. The lowest BCUT2D eigenvalue weighted by atomic mass is 9.81. The smallest absolute Gasteiger partial charge is 0.241 e. The van der Waals surface area contributed by atoms with Crippen molar-refractivity contribution >= 4 is 34.8 Å². The van der Waals surface area contributed by atoms with E-state index in [2.05, 4.69) is 5.10 Å². The average molecular weight is 294 g/mol. The zero-order chi connectivity index (χ0) is 15.1. The van der Waals surface area contributed by atoms with Gasteiger partial charge in [-0.1, -0.05) is 26.1 Å². The monoisotopic (exact) mass is 294 g/mol. The number of carbonyl (C=O) groups is 2. The lowest BCUT2D eigenvalue weighted by Crippen LogP contribution is -2.37. The van der Waals surface area contributed by atoms with Gasteiger partial charge in [-0.05, 0) is 12.8 Å². The molecule has 2 rings (SSSR count). The molecule has 2 amide bonds. The van der Waals surface area contributed by atoms with E-state index in [1.165, 1.54) is 15.8 Å². The Morgan fingerprint density at radius 3 is 2.50 bits per heavy atom. The van der Waals surface area contributed by atoms with Crippen molar-refractivity contribution in [1.82, 2.24) is 9.78 Å². The van der Waals surface area contributed by atoms with E-state index in [1.54, 1.807) is 7.05 Å². The molecule has 0 saturated carbocycles. The van der Waals surface area contributed by atoms with E-state index >= 15 is 0 Å². The summed E-state index contributed by atoms with van der Waals surface area (Å²) in [5, 5.41) is 4.05. The van der Waals surface area contributed by atoms with E-state index in [-0.39, 0.29) is 23.2 Å². The number of carbonyl (C=O) groups excluding carboxylic acids is 2. The summed E-state index contributed by atoms with van der Waals surface area (Å²) in [5.74, 6) is -0.0373. The van der Waals surface area contributed by atoms with Crippen molar-refractivity contribution < 1.29 is 9.59 Å². The van der Waals surface area contributed by atoms with Crippen LogP contribution in [0.4, 0.5) is 5.82 Å². The van der Waals surface area contributed by atoms with Crippen LogP contribution in [0.1, 0.15) is 38.7 Å². The number of imide groups is 1. The molecule has 1 saturated heterocycles. The molecule has 1 aliphatic heterocycles. The summed E-state index contributed by atoms with van der Waals surface area (Å²) in [6.07, 6.45) is 2.96. The molecule has 0 spiro atoms. The molecule has 108 valence electrons. The van der Waals surface area contributed by atoms with Crippen LogP contribution in [0.25, 0.3) is 0 Å². The first-order chi connectivity index (χ1) is 9.38. The van der Waals surface area contributed by atoms with E-state index < -0.39 is 5.41 Å². The fourth-order valence-corrected chi connectivity index (χ4v) is 2.83. The minimum Gasteiger partial charge on any atom is -0.389 e. The van der Waals surface area contributed by atoms with Crippen molar-refractivity contribution in [3.63, 3.8) is 0 Å². The van der Waals surface area contributed by atoms with Gasteiger partial charge < -0.3 is 5.73 Å². The number of aromatic nitrogens is 2. The number of aryl methyl sites for hydroxylation is 1. The number of nitrogens with zero attached hydrogens (tertiary/aromatic N) is 3. The minimum absolute atomic E-state index is 0.124. The molecular formula is C13H18N4O2S. The van der Waals surface area contributed by atoms with Crippen molar-refractivity contribution in [3.05, 3.63) is 11.8 Å². The van der Waals surface area contributed by atoms with Crippen LogP contribution in [0.3, 0.4) is 0 Å². The molecule has 0 bridgehead atoms. The Balaban J connectivity index is 2.54. The first-order valence-corrected chi connectivity index (χ1v) is 6.98. The van der Waals surface area contributed by atoms with Crippen LogP contribution in [0, 0.1) is 5.41 Å². The Hall–Kier alpha value is -1.76. The number of nitrogens with two attached hydrogens (primary N) is 1. The second-order valence-electron chi connectivity index (χ2n) is 5.07. The summed E-state index contributed by atoms with van der Waals surface area (Å²) >= 11 is 4.96. The summed E-state index contributed by atoms with van der Waals surface area (Å²) < 4.78 is 1.46. The lowest BCUT2D eigenvalue weighted by Gasteiger charge is -2.23. The second kappa shape index (κ2) is 4.97. The number of anilines is 1. The molecule has 7 heteroatoms. The fraction of sp³-hybridized carbons (Fsp3) is 0.538. The van der Waals surface area contributed by atoms with Gasteiger partial charge in [-0.15, -0.1) is 0 Å². The summed E-state index contributed by atoms with van der Waals surface area (Å²) in [6.45, 7) is 3.85. The molecule has 1 aliphatic rings. The van der Waals surface area contributed by atoms with E-state index in [0.717, 1.165) is 0 Å². The van der Waals surface area contributed by atoms with Crippen molar-refractivity contribution in [2.45, 2.75) is 33.1 Å². The Morgan fingerprint density at radius 1 is 1.45 bits per heavy atom. The Morgan fingerprint density at radius 2 is 2.05 bits per heavy atom. The SMILES string of the molecule is CCC1(CC)CC(=O)N(c2c(C(N)=S)cnn2C)C1=O. The summed E-state index contributed by atoms with van der Waals surface area (Å²) in [5.41, 5.74) is 5.48. The Labute approximate surface area is 122 Å². The molecular weight excluding hydrogens is 276 g/mol. The number of rotatable bonds is 4. The molecule has 0 unspecified atom stereocenters. The maximum atomic E-state index is 12.7. The molecule has 6 nitrogen and oxygen atoms in total. The molecule has 0 atom stereocenters. The molecule has 2 N–H and O–H groups in total. The third kappa shape index (κ3) is 1.93. The maximum absolute atomic E-state index is 12.7. The first kappa shape index (κ1) is 14.6. The van der Waals surface area contributed by atoms with Gasteiger partial charge in [-0.3, -0.25) is 14.3 Å². The van der Waals surface area contributed by atoms with Crippen molar-refractivity contribution in [1.29, 1.82) is 0 Å². The highest BCUT2D eigenvalue weighted by Crippen LogP contribution is 2.41. The normalized spacial score (nSPS) is 17.9. The van der Waals surface area contributed by atoms with E-state index in [1.807, 2.05) is 13.8 Å². The van der Waals surface area contributed by atoms with Gasteiger partial charge in [0.1, 0.15) is 4.99 Å². The van der Waals surface area contributed by atoms with Crippen LogP contribution in [0.2, 0.25) is 0 Å². The number of thiocarbonyl (C=S) groups is 1. The highest BCUT2D eigenvalue weighted by atomic mass is 32.1. The van der Waals surface area contributed by atoms with Crippen molar-refractivity contribution in [2.75, 3.05) is 4.90 Å². The maximum Gasteiger partial charge on any atom is 0.241 e. The van der Waals surface area contributed by atoms with Crippen LogP contribution in [-0.4, -0.2) is 26.6 Å².